The highest BCUT2D eigenvalue weighted by Crippen LogP contribution is 2.31. The number of aryl methyl sites for hydroxylation is 1. The van der Waals surface area contributed by atoms with Crippen LogP contribution in [0.15, 0.2) is 15.8 Å². The molecule has 3 N–H and O–H groups in total. The molecule has 0 aliphatic carbocycles. The molecule has 0 unspecified atom stereocenters. The van der Waals surface area contributed by atoms with E-state index in [2.05, 4.69) is 4.98 Å². The van der Waals surface area contributed by atoms with E-state index in [0.29, 0.717) is 12.0 Å². The van der Waals surface area contributed by atoms with Gasteiger partial charge >= 0.3 is 5.69 Å². The number of hydrogen-bond donors (Lipinski definition) is 3. The van der Waals surface area contributed by atoms with Crippen molar-refractivity contribution in [3.05, 3.63) is 32.6 Å². The Labute approximate surface area is 111 Å². The van der Waals surface area contributed by atoms with Crippen molar-refractivity contribution in [3.63, 3.8) is 0 Å². The first-order chi connectivity index (χ1) is 8.99. The van der Waals surface area contributed by atoms with Crippen LogP contribution in [0.4, 0.5) is 0 Å². The molecule has 1 aliphatic heterocycles. The predicted molar refractivity (Wildman–Crippen MR) is 69.4 cm³/mol. The fraction of sp³-hybridized carbons (Fsp3) is 0.636. The molecule has 1 aliphatic rings. The number of hydrogen-bond acceptors (Lipinski definition) is 5. The molecule has 1 fully saturated rings. The zero-order valence-electron chi connectivity index (χ0n) is 10.4. The third-order valence-corrected chi connectivity index (χ3v) is 5.37. The molecule has 7 nitrogen and oxygen atoms in total. The van der Waals surface area contributed by atoms with Crippen LogP contribution in [0.1, 0.15) is 24.3 Å². The van der Waals surface area contributed by atoms with Crippen molar-refractivity contribution in [2.75, 3.05) is 6.61 Å². The number of nitrogens with one attached hydrogen (secondary N) is 1. The molecule has 106 valence electrons. The normalized spacial score (nSPS) is 30.7. The summed E-state index contributed by atoms with van der Waals surface area (Å²) in [7, 11) is -1.57. The van der Waals surface area contributed by atoms with E-state index in [-0.39, 0.29) is 6.42 Å². The summed E-state index contributed by atoms with van der Waals surface area (Å²) < 4.78 is 13.3. The van der Waals surface area contributed by atoms with Crippen LogP contribution in [0.2, 0.25) is 0 Å². The van der Waals surface area contributed by atoms with Crippen molar-refractivity contribution >= 4 is 10.8 Å². The highest BCUT2D eigenvalue weighted by Gasteiger charge is 2.41. The Balaban J connectivity index is 2.46. The highest BCUT2D eigenvalue weighted by atomic mass is 32.2. The van der Waals surface area contributed by atoms with Crippen LogP contribution in [0.25, 0.3) is 0 Å². The van der Waals surface area contributed by atoms with Crippen molar-refractivity contribution in [1.82, 2.24) is 9.55 Å². The standard InChI is InChI=1S/C11H16N2O5S/c1-2-6-4-13(11(17)12-10(6)16)9-3-7(15)8(5-14)19(9)18/h4,7-9,14-15H,2-3,5H2,1H3,(H,12,16,17)/t7-,8+,9+,19+/m0/s1. The van der Waals surface area contributed by atoms with Gasteiger partial charge in [0.05, 0.1) is 28.8 Å². The van der Waals surface area contributed by atoms with Gasteiger partial charge in [0.25, 0.3) is 5.56 Å². The van der Waals surface area contributed by atoms with Crippen molar-refractivity contribution in [3.8, 4) is 0 Å². The molecule has 0 bridgehead atoms. The fourth-order valence-electron chi connectivity index (χ4n) is 2.22. The van der Waals surface area contributed by atoms with Crippen LogP contribution in [-0.4, -0.2) is 41.9 Å². The van der Waals surface area contributed by atoms with Gasteiger partial charge in [0, 0.05) is 18.2 Å². The zero-order chi connectivity index (χ0) is 14.2. The maximum atomic E-state index is 12.1. The van der Waals surface area contributed by atoms with Gasteiger partial charge in [0.15, 0.2) is 0 Å². The number of rotatable bonds is 3. The fourth-order valence-corrected chi connectivity index (χ4v) is 3.96. The molecule has 0 radical (unpaired) electrons. The average Bonchev–Trinajstić information content (AvgIpc) is 2.64. The molecule has 1 aromatic heterocycles. The van der Waals surface area contributed by atoms with Gasteiger partial charge in [-0.1, -0.05) is 6.92 Å². The summed E-state index contributed by atoms with van der Waals surface area (Å²) in [6, 6.07) is 0. The van der Waals surface area contributed by atoms with Gasteiger partial charge in [-0.05, 0) is 6.42 Å². The molecule has 1 aromatic rings. The van der Waals surface area contributed by atoms with Crippen LogP contribution in [0, 0.1) is 0 Å². The molecule has 2 heterocycles. The first-order valence-electron chi connectivity index (χ1n) is 6.02. The Hall–Kier alpha value is -1.25. The SMILES string of the molecule is CCc1cn([C@H]2C[C@H](O)[C@@H](CO)[S@]2=O)c(=O)[nH]c1=O. The van der Waals surface area contributed by atoms with Crippen LogP contribution < -0.4 is 11.2 Å². The Kier molecular flexibility index (Phi) is 4.02. The lowest BCUT2D eigenvalue weighted by Gasteiger charge is -2.13. The quantitative estimate of drug-likeness (QED) is 0.625. The summed E-state index contributed by atoms with van der Waals surface area (Å²) >= 11 is 0. The molecule has 19 heavy (non-hydrogen) atoms. The summed E-state index contributed by atoms with van der Waals surface area (Å²) in [4.78, 5) is 25.4. The Morgan fingerprint density at radius 1 is 1.53 bits per heavy atom. The predicted octanol–water partition coefficient (Wildman–Crippen LogP) is -1.53. The Bertz CT molecular complexity index is 608. The number of H-pyrrole nitrogens is 1. The van der Waals surface area contributed by atoms with E-state index in [4.69, 9.17) is 5.11 Å². The van der Waals surface area contributed by atoms with Crippen molar-refractivity contribution in [2.24, 2.45) is 0 Å². The minimum absolute atomic E-state index is 0.118. The van der Waals surface area contributed by atoms with Gasteiger partial charge in [-0.3, -0.25) is 18.6 Å². The van der Waals surface area contributed by atoms with Crippen molar-refractivity contribution < 1.29 is 14.4 Å². The van der Waals surface area contributed by atoms with E-state index in [1.165, 1.54) is 10.8 Å². The molecule has 0 spiro atoms. The van der Waals surface area contributed by atoms with Crippen molar-refractivity contribution in [1.29, 1.82) is 0 Å². The van der Waals surface area contributed by atoms with Crippen LogP contribution in [0.3, 0.4) is 0 Å². The van der Waals surface area contributed by atoms with Gasteiger partial charge in [0.1, 0.15) is 5.37 Å². The van der Waals surface area contributed by atoms with Crippen LogP contribution in [0.5, 0.6) is 0 Å². The monoisotopic (exact) mass is 288 g/mol. The molecule has 0 aromatic carbocycles. The maximum Gasteiger partial charge on any atom is 0.329 e. The first-order valence-corrected chi connectivity index (χ1v) is 7.29. The summed E-state index contributed by atoms with van der Waals surface area (Å²) in [5, 5.41) is 17.3. The molecule has 4 atom stereocenters. The van der Waals surface area contributed by atoms with Gasteiger partial charge in [-0.2, -0.15) is 0 Å². The van der Waals surface area contributed by atoms with E-state index in [1.54, 1.807) is 6.92 Å². The zero-order valence-corrected chi connectivity index (χ0v) is 11.2. The van der Waals surface area contributed by atoms with E-state index in [0.717, 1.165) is 0 Å². The molecule has 1 saturated heterocycles. The average molecular weight is 288 g/mol. The smallest absolute Gasteiger partial charge is 0.329 e. The molecular weight excluding hydrogens is 272 g/mol. The number of aromatic amines is 1. The first kappa shape index (κ1) is 14.2. The number of aliphatic hydroxyl groups is 2. The minimum atomic E-state index is -1.57. The number of aliphatic hydroxyl groups excluding tert-OH is 2. The van der Waals surface area contributed by atoms with Gasteiger partial charge in [0.2, 0.25) is 0 Å². The second-order valence-electron chi connectivity index (χ2n) is 4.48. The Morgan fingerprint density at radius 3 is 2.74 bits per heavy atom. The molecular formula is C11H16N2O5S. The lowest BCUT2D eigenvalue weighted by Crippen LogP contribution is -2.35. The second-order valence-corrected chi connectivity index (χ2v) is 6.29. The van der Waals surface area contributed by atoms with Gasteiger partial charge in [-0.25, -0.2) is 4.79 Å². The summed E-state index contributed by atoms with van der Waals surface area (Å²) in [6.45, 7) is 1.37. The molecule has 2 rings (SSSR count). The second kappa shape index (κ2) is 5.40. The highest BCUT2D eigenvalue weighted by molar-refractivity contribution is 7.86. The summed E-state index contributed by atoms with van der Waals surface area (Å²) in [5.41, 5.74) is -0.684. The van der Waals surface area contributed by atoms with Gasteiger partial charge in [-0.15, -0.1) is 0 Å². The van der Waals surface area contributed by atoms with Crippen molar-refractivity contribution in [2.45, 2.75) is 36.5 Å². The van der Waals surface area contributed by atoms with Crippen LogP contribution in [-0.2, 0) is 17.2 Å². The van der Waals surface area contributed by atoms with E-state index in [1.807, 2.05) is 0 Å². The van der Waals surface area contributed by atoms with E-state index >= 15 is 0 Å². The maximum absolute atomic E-state index is 12.1. The lowest BCUT2D eigenvalue weighted by atomic mass is 10.2. The topological polar surface area (TPSA) is 112 Å². The largest absolute Gasteiger partial charge is 0.395 e. The number of aromatic nitrogens is 2. The van der Waals surface area contributed by atoms with Gasteiger partial charge < -0.3 is 10.2 Å². The summed E-state index contributed by atoms with van der Waals surface area (Å²) in [5.74, 6) is 0. The third kappa shape index (κ3) is 2.43. The van der Waals surface area contributed by atoms with E-state index in [9.17, 15) is 18.9 Å². The lowest BCUT2D eigenvalue weighted by molar-refractivity contribution is 0.137. The minimum Gasteiger partial charge on any atom is -0.395 e. The molecule has 0 saturated carbocycles. The third-order valence-electron chi connectivity index (χ3n) is 3.35. The molecule has 0 amide bonds. The molecule has 8 heteroatoms. The van der Waals surface area contributed by atoms with E-state index < -0.39 is 45.4 Å². The van der Waals surface area contributed by atoms with Crippen LogP contribution >= 0.6 is 0 Å². The number of nitrogens with zero attached hydrogens (tertiary/aromatic N) is 1. The Morgan fingerprint density at radius 2 is 2.21 bits per heavy atom. The summed E-state index contributed by atoms with van der Waals surface area (Å²) in [6.07, 6.45) is 1.03.